The lowest BCUT2D eigenvalue weighted by atomic mass is 9.57. The average Bonchev–Trinajstić information content (AvgIpc) is 3.44. The van der Waals surface area contributed by atoms with Gasteiger partial charge in [-0.15, -0.1) is 0 Å². The molecule has 3 fully saturated rings. The van der Waals surface area contributed by atoms with Gasteiger partial charge in [-0.25, -0.2) is 0 Å². The highest BCUT2D eigenvalue weighted by Crippen LogP contribution is 2.59. The fourth-order valence-corrected chi connectivity index (χ4v) is 8.37. The number of aliphatic hydroxyl groups is 1. The van der Waals surface area contributed by atoms with Crippen LogP contribution in [0.5, 0.6) is 5.75 Å². The normalized spacial score (nSPS) is 27.7. The van der Waals surface area contributed by atoms with Crippen LogP contribution in [0.4, 0.5) is 11.4 Å². The minimum atomic E-state index is -0.695. The van der Waals surface area contributed by atoms with Crippen molar-refractivity contribution in [2.24, 2.45) is 29.6 Å². The lowest BCUT2D eigenvalue weighted by molar-refractivity contribution is -0.126. The molecular weight excluding hydrogens is 786 g/mol. The Morgan fingerprint density at radius 2 is 1.27 bits per heavy atom. The molecule has 7 rings (SSSR count). The number of nitrogens with zero attached hydrogens (tertiary/aromatic N) is 2. The van der Waals surface area contributed by atoms with Crippen molar-refractivity contribution < 1.29 is 29.0 Å². The van der Waals surface area contributed by atoms with Crippen LogP contribution in [0.1, 0.15) is 24.3 Å². The molecule has 0 radical (unpaired) electrons. The molecule has 4 amide bonds. The third-order valence-electron chi connectivity index (χ3n) is 9.42. The first kappa shape index (κ1) is 29.6. The Labute approximate surface area is 281 Å². The number of anilines is 2. The summed E-state index contributed by atoms with van der Waals surface area (Å²) >= 11 is 4.37. The summed E-state index contributed by atoms with van der Waals surface area (Å²) < 4.78 is 7.93. The highest BCUT2D eigenvalue weighted by Gasteiger charge is 2.62. The number of benzene rings is 3. The van der Waals surface area contributed by atoms with Crippen molar-refractivity contribution in [2.75, 3.05) is 23.0 Å². The number of carbonyl (C=O) groups excluding carboxylic acids is 4. The Hall–Kier alpha value is -3.10. The first-order valence-corrected chi connectivity index (χ1v) is 16.7. The fourth-order valence-electron chi connectivity index (χ4n) is 7.65. The number of rotatable bonds is 6. The van der Waals surface area contributed by atoms with Gasteiger partial charge in [0.15, 0.2) is 0 Å². The number of aliphatic hydroxyl groups excluding tert-OH is 1. The van der Waals surface area contributed by atoms with E-state index < -0.39 is 35.5 Å². The van der Waals surface area contributed by atoms with E-state index in [1.54, 1.807) is 30.3 Å². The van der Waals surface area contributed by atoms with Crippen molar-refractivity contribution in [1.82, 2.24) is 0 Å². The first-order chi connectivity index (χ1) is 21.3. The largest absolute Gasteiger partial charge is 0.491 e. The summed E-state index contributed by atoms with van der Waals surface area (Å²) in [6.45, 7) is -0.103. The molecule has 6 unspecified atom stereocenters. The molecule has 2 heterocycles. The Morgan fingerprint density at radius 3 is 1.89 bits per heavy atom. The van der Waals surface area contributed by atoms with Gasteiger partial charge in [0.05, 0.1) is 41.7 Å². The molecule has 44 heavy (non-hydrogen) atoms. The zero-order valence-electron chi connectivity index (χ0n) is 23.4. The molecule has 2 aliphatic carbocycles. The molecule has 2 saturated heterocycles. The lowest BCUT2D eigenvalue weighted by Gasteiger charge is -2.44. The zero-order chi connectivity index (χ0) is 30.7. The number of halogens is 2. The highest BCUT2D eigenvalue weighted by molar-refractivity contribution is 14.1. The van der Waals surface area contributed by atoms with Crippen molar-refractivity contribution >= 4 is 80.2 Å². The maximum atomic E-state index is 14.3. The summed E-state index contributed by atoms with van der Waals surface area (Å²) in [5.41, 5.74) is 2.71. The molecular formula is C34H28I2N2O6. The number of fused-ring (bicyclic) bond motifs is 4. The van der Waals surface area contributed by atoms with E-state index in [-0.39, 0.29) is 36.8 Å². The van der Waals surface area contributed by atoms with Crippen LogP contribution in [0.25, 0.3) is 0 Å². The molecule has 224 valence electrons. The molecule has 0 bridgehead atoms. The second-order valence-electron chi connectivity index (χ2n) is 11.6. The maximum Gasteiger partial charge on any atom is 0.238 e. The minimum Gasteiger partial charge on any atom is -0.491 e. The second kappa shape index (κ2) is 11.7. The van der Waals surface area contributed by atoms with Crippen molar-refractivity contribution in [3.63, 3.8) is 0 Å². The highest BCUT2D eigenvalue weighted by atomic mass is 127. The second-order valence-corrected chi connectivity index (χ2v) is 14.1. The summed E-state index contributed by atoms with van der Waals surface area (Å²) in [6, 6.07) is 22.0. The van der Waals surface area contributed by atoms with Gasteiger partial charge >= 0.3 is 0 Å². The predicted molar refractivity (Wildman–Crippen MR) is 180 cm³/mol. The van der Waals surface area contributed by atoms with Gasteiger partial charge in [-0.2, -0.15) is 0 Å². The van der Waals surface area contributed by atoms with Gasteiger partial charge in [-0.05, 0) is 119 Å². The smallest absolute Gasteiger partial charge is 0.238 e. The van der Waals surface area contributed by atoms with Crippen molar-refractivity contribution in [2.45, 2.75) is 18.8 Å². The SMILES string of the molecule is O=C1C2CC=C3C(CC4C(=O)N(c5ccc(I)cc5)C(=O)C4C3c3ccccc3OCCO)C2C(=O)N1c1ccc(I)cc1. The molecule has 3 aromatic carbocycles. The van der Waals surface area contributed by atoms with Gasteiger partial charge in [-0.3, -0.25) is 29.0 Å². The van der Waals surface area contributed by atoms with Gasteiger partial charge in [0.25, 0.3) is 0 Å². The number of imide groups is 2. The monoisotopic (exact) mass is 814 g/mol. The third-order valence-corrected chi connectivity index (χ3v) is 10.9. The quantitative estimate of drug-likeness (QED) is 0.206. The molecule has 8 nitrogen and oxygen atoms in total. The summed E-state index contributed by atoms with van der Waals surface area (Å²) in [4.78, 5) is 59.0. The molecule has 4 aliphatic rings. The van der Waals surface area contributed by atoms with Crippen LogP contribution in [0.2, 0.25) is 0 Å². The summed E-state index contributed by atoms with van der Waals surface area (Å²) in [7, 11) is 0. The number of carbonyl (C=O) groups is 4. The number of para-hydroxylation sites is 1. The zero-order valence-corrected chi connectivity index (χ0v) is 27.8. The van der Waals surface area contributed by atoms with Gasteiger partial charge in [-0.1, -0.05) is 29.8 Å². The van der Waals surface area contributed by atoms with Gasteiger partial charge in [0, 0.05) is 18.6 Å². The van der Waals surface area contributed by atoms with E-state index in [2.05, 4.69) is 45.2 Å². The van der Waals surface area contributed by atoms with Gasteiger partial charge in [0.2, 0.25) is 23.6 Å². The Morgan fingerprint density at radius 1 is 0.705 bits per heavy atom. The van der Waals surface area contributed by atoms with Crippen LogP contribution in [0, 0.1) is 36.7 Å². The predicted octanol–water partition coefficient (Wildman–Crippen LogP) is 5.31. The van der Waals surface area contributed by atoms with E-state index in [9.17, 15) is 24.3 Å². The molecule has 2 aliphatic heterocycles. The first-order valence-electron chi connectivity index (χ1n) is 14.6. The number of hydrogen-bond donors (Lipinski definition) is 1. The molecule has 3 aromatic rings. The van der Waals surface area contributed by atoms with E-state index in [0.717, 1.165) is 18.3 Å². The number of amides is 4. The number of ether oxygens (including phenoxy) is 1. The van der Waals surface area contributed by atoms with E-state index >= 15 is 0 Å². The van der Waals surface area contributed by atoms with Gasteiger partial charge in [0.1, 0.15) is 12.4 Å². The summed E-state index contributed by atoms with van der Waals surface area (Å²) in [5, 5.41) is 9.50. The Balaban J connectivity index is 1.34. The molecule has 0 aromatic heterocycles. The van der Waals surface area contributed by atoms with E-state index in [4.69, 9.17) is 4.74 Å². The van der Waals surface area contributed by atoms with Gasteiger partial charge < -0.3 is 9.84 Å². The Kier molecular flexibility index (Phi) is 7.86. The third kappa shape index (κ3) is 4.71. The summed E-state index contributed by atoms with van der Waals surface area (Å²) in [5.74, 6) is -3.99. The minimum absolute atomic E-state index is 0.0740. The van der Waals surface area contributed by atoms with Crippen molar-refractivity contribution in [3.8, 4) is 5.75 Å². The van der Waals surface area contributed by atoms with Crippen LogP contribution in [0.15, 0.2) is 84.4 Å². The van der Waals surface area contributed by atoms with E-state index in [0.29, 0.717) is 30.0 Å². The van der Waals surface area contributed by atoms with E-state index in [1.165, 1.54) is 9.80 Å². The molecule has 6 atom stereocenters. The number of hydrogen-bond acceptors (Lipinski definition) is 6. The molecule has 10 heteroatoms. The topological polar surface area (TPSA) is 104 Å². The maximum absolute atomic E-state index is 14.3. The van der Waals surface area contributed by atoms with Crippen molar-refractivity contribution in [3.05, 3.63) is 97.1 Å². The summed E-state index contributed by atoms with van der Waals surface area (Å²) in [6.07, 6.45) is 2.71. The van der Waals surface area contributed by atoms with Crippen LogP contribution in [0.3, 0.4) is 0 Å². The van der Waals surface area contributed by atoms with Crippen LogP contribution < -0.4 is 14.5 Å². The van der Waals surface area contributed by atoms with Crippen LogP contribution in [-0.2, 0) is 19.2 Å². The Bertz CT molecular complexity index is 1710. The molecule has 0 spiro atoms. The fraction of sp³-hybridized carbons (Fsp3) is 0.294. The van der Waals surface area contributed by atoms with Crippen LogP contribution >= 0.6 is 45.2 Å². The molecule has 1 N–H and O–H groups in total. The van der Waals surface area contributed by atoms with E-state index in [1.807, 2.05) is 48.5 Å². The molecule has 1 saturated carbocycles. The standard InChI is InChI=1S/C34H28I2N2O6/c35-18-5-9-20(10-6-18)37-31(40)24-14-13-22-25(29(24)33(37)42)17-26-30(28(22)23-3-1-2-4-27(23)44-16-15-39)34(43)38(32(26)41)21-11-7-19(36)8-12-21/h1-13,24-26,28-30,39H,14-17H2. The van der Waals surface area contributed by atoms with Crippen LogP contribution in [-0.4, -0.2) is 41.9 Å². The lowest BCUT2D eigenvalue weighted by Crippen LogP contribution is -2.43. The van der Waals surface area contributed by atoms with Crippen molar-refractivity contribution in [1.29, 1.82) is 0 Å². The number of allylic oxidation sites excluding steroid dienone is 2. The average molecular weight is 814 g/mol.